The monoisotopic (exact) mass is 339 g/mol. The molecule has 1 aromatic carbocycles. The lowest BCUT2D eigenvalue weighted by atomic mass is 10.3. The van der Waals surface area contributed by atoms with E-state index < -0.39 is 11.7 Å². The van der Waals surface area contributed by atoms with Gasteiger partial charge < -0.3 is 9.64 Å². The Balaban J connectivity index is 2.22. The SMILES string of the molecule is CCOCCN(CC)C(=O)n1nnn(-c2ccc(Cl)cc2)c1=O. The van der Waals surface area contributed by atoms with Crippen molar-refractivity contribution in [2.75, 3.05) is 26.3 Å². The first-order chi connectivity index (χ1) is 11.1. The van der Waals surface area contributed by atoms with Gasteiger partial charge in [-0.05, 0) is 48.5 Å². The van der Waals surface area contributed by atoms with Crippen LogP contribution in [-0.2, 0) is 4.74 Å². The number of benzene rings is 1. The molecule has 0 aliphatic heterocycles. The number of rotatable bonds is 6. The topological polar surface area (TPSA) is 82.2 Å². The van der Waals surface area contributed by atoms with E-state index in [1.54, 1.807) is 24.3 Å². The van der Waals surface area contributed by atoms with Gasteiger partial charge in [-0.25, -0.2) is 9.59 Å². The van der Waals surface area contributed by atoms with E-state index in [-0.39, 0.29) is 0 Å². The lowest BCUT2D eigenvalue weighted by Gasteiger charge is -2.18. The van der Waals surface area contributed by atoms with Gasteiger partial charge in [0.2, 0.25) is 0 Å². The summed E-state index contributed by atoms with van der Waals surface area (Å²) in [5, 5.41) is 7.95. The minimum absolute atomic E-state index is 0.378. The van der Waals surface area contributed by atoms with Crippen LogP contribution < -0.4 is 5.69 Å². The van der Waals surface area contributed by atoms with Crippen LogP contribution in [0.4, 0.5) is 4.79 Å². The Morgan fingerprint density at radius 3 is 2.57 bits per heavy atom. The van der Waals surface area contributed by atoms with Crippen LogP contribution in [0.5, 0.6) is 0 Å². The number of likely N-dealkylation sites (N-methyl/N-ethyl adjacent to an activating group) is 1. The number of ether oxygens (including phenoxy) is 1. The van der Waals surface area contributed by atoms with Crippen LogP contribution in [0.1, 0.15) is 13.8 Å². The normalized spacial score (nSPS) is 10.7. The molecule has 124 valence electrons. The van der Waals surface area contributed by atoms with Gasteiger partial charge >= 0.3 is 11.7 Å². The van der Waals surface area contributed by atoms with Crippen LogP contribution in [0.2, 0.25) is 5.02 Å². The van der Waals surface area contributed by atoms with Gasteiger partial charge in [-0.2, -0.15) is 4.68 Å². The quantitative estimate of drug-likeness (QED) is 0.587. The predicted octanol–water partition coefficient (Wildman–Crippen LogP) is 1.41. The summed E-state index contributed by atoms with van der Waals surface area (Å²) in [5.74, 6) is 0. The molecule has 0 N–H and O–H groups in total. The van der Waals surface area contributed by atoms with Crippen molar-refractivity contribution in [3.05, 3.63) is 39.8 Å². The Kier molecular flexibility index (Phi) is 5.89. The highest BCUT2D eigenvalue weighted by molar-refractivity contribution is 6.30. The van der Waals surface area contributed by atoms with Crippen LogP contribution >= 0.6 is 11.6 Å². The van der Waals surface area contributed by atoms with E-state index in [2.05, 4.69) is 10.4 Å². The standard InChI is InChI=1S/C14H18ClN5O3/c1-3-18(9-10-23-4-2)13(21)20-14(22)19(16-17-20)12-7-5-11(15)6-8-12/h5-8H,3-4,9-10H2,1-2H3. The van der Waals surface area contributed by atoms with Crippen molar-refractivity contribution in [2.45, 2.75) is 13.8 Å². The maximum absolute atomic E-state index is 12.4. The maximum atomic E-state index is 12.4. The highest BCUT2D eigenvalue weighted by atomic mass is 35.5. The zero-order valence-corrected chi connectivity index (χ0v) is 13.7. The molecule has 8 nitrogen and oxygen atoms in total. The summed E-state index contributed by atoms with van der Waals surface area (Å²) in [6.07, 6.45) is 0. The fourth-order valence-corrected chi connectivity index (χ4v) is 2.08. The van der Waals surface area contributed by atoms with Gasteiger partial charge in [0, 0.05) is 24.7 Å². The summed E-state index contributed by atoms with van der Waals surface area (Å²) in [7, 11) is 0. The Labute approximate surface area is 138 Å². The summed E-state index contributed by atoms with van der Waals surface area (Å²) >= 11 is 5.81. The minimum atomic E-state index is -0.632. The van der Waals surface area contributed by atoms with Crippen LogP contribution in [0.15, 0.2) is 29.1 Å². The Morgan fingerprint density at radius 2 is 1.96 bits per heavy atom. The average molecular weight is 340 g/mol. The van der Waals surface area contributed by atoms with Crippen molar-refractivity contribution in [1.82, 2.24) is 24.7 Å². The number of hydrogen-bond donors (Lipinski definition) is 0. The molecule has 0 spiro atoms. The van der Waals surface area contributed by atoms with Crippen LogP contribution in [0.3, 0.4) is 0 Å². The number of carbonyl (C=O) groups excluding carboxylic acids is 1. The van der Waals surface area contributed by atoms with Crippen molar-refractivity contribution in [2.24, 2.45) is 0 Å². The fraction of sp³-hybridized carbons (Fsp3) is 0.429. The summed E-state index contributed by atoms with van der Waals surface area (Å²) < 4.78 is 7.02. The second-order valence-corrected chi connectivity index (χ2v) is 5.06. The van der Waals surface area contributed by atoms with Gasteiger partial charge in [0.05, 0.1) is 12.3 Å². The van der Waals surface area contributed by atoms with Crippen molar-refractivity contribution in [1.29, 1.82) is 0 Å². The average Bonchev–Trinajstić information content (AvgIpc) is 2.93. The number of hydrogen-bond acceptors (Lipinski definition) is 5. The van der Waals surface area contributed by atoms with Crippen molar-refractivity contribution < 1.29 is 9.53 Å². The molecule has 2 rings (SSSR count). The first kappa shape index (κ1) is 17.2. The number of aromatic nitrogens is 4. The highest BCUT2D eigenvalue weighted by Crippen LogP contribution is 2.10. The molecular formula is C14H18ClN5O3. The molecular weight excluding hydrogens is 322 g/mol. The number of amides is 1. The van der Waals surface area contributed by atoms with E-state index >= 15 is 0 Å². The first-order valence-corrected chi connectivity index (χ1v) is 7.64. The minimum Gasteiger partial charge on any atom is -0.380 e. The number of tetrazole rings is 1. The zero-order chi connectivity index (χ0) is 16.8. The maximum Gasteiger partial charge on any atom is 0.377 e. The van der Waals surface area contributed by atoms with E-state index in [1.807, 2.05) is 13.8 Å². The lowest BCUT2D eigenvalue weighted by Crippen LogP contribution is -2.42. The predicted molar refractivity (Wildman–Crippen MR) is 85.2 cm³/mol. The molecule has 1 aromatic heterocycles. The second-order valence-electron chi connectivity index (χ2n) is 4.62. The fourth-order valence-electron chi connectivity index (χ4n) is 1.95. The third-order valence-corrected chi connectivity index (χ3v) is 3.45. The molecule has 0 bridgehead atoms. The van der Waals surface area contributed by atoms with Gasteiger partial charge in [-0.15, -0.1) is 4.68 Å². The molecule has 0 saturated carbocycles. The van der Waals surface area contributed by atoms with Crippen LogP contribution in [0, 0.1) is 0 Å². The molecule has 1 heterocycles. The van der Waals surface area contributed by atoms with Gasteiger partial charge in [0.25, 0.3) is 0 Å². The second kappa shape index (κ2) is 7.89. The van der Waals surface area contributed by atoms with Gasteiger partial charge in [-0.3, -0.25) is 0 Å². The first-order valence-electron chi connectivity index (χ1n) is 7.26. The molecule has 0 atom stereocenters. The van der Waals surface area contributed by atoms with Crippen LogP contribution in [-0.4, -0.2) is 57.0 Å². The number of halogens is 1. The molecule has 0 saturated heterocycles. The molecule has 23 heavy (non-hydrogen) atoms. The Bertz CT molecular complexity index is 710. The van der Waals surface area contributed by atoms with Crippen molar-refractivity contribution in [3.8, 4) is 5.69 Å². The third-order valence-electron chi connectivity index (χ3n) is 3.20. The molecule has 2 aromatic rings. The Hall–Kier alpha value is -2.19. The smallest absolute Gasteiger partial charge is 0.377 e. The summed E-state index contributed by atoms with van der Waals surface area (Å²) in [5.41, 5.74) is -0.150. The van der Waals surface area contributed by atoms with E-state index in [0.717, 1.165) is 9.36 Å². The summed E-state index contributed by atoms with van der Waals surface area (Å²) in [4.78, 5) is 26.2. The van der Waals surface area contributed by atoms with E-state index in [0.29, 0.717) is 37.0 Å². The Morgan fingerprint density at radius 1 is 1.26 bits per heavy atom. The van der Waals surface area contributed by atoms with E-state index in [1.165, 1.54) is 4.90 Å². The lowest BCUT2D eigenvalue weighted by molar-refractivity contribution is 0.120. The number of carbonyl (C=O) groups is 1. The molecule has 1 amide bonds. The largest absolute Gasteiger partial charge is 0.380 e. The van der Waals surface area contributed by atoms with Crippen molar-refractivity contribution in [3.63, 3.8) is 0 Å². The molecule has 9 heteroatoms. The molecule has 0 unspecified atom stereocenters. The molecule has 0 aliphatic rings. The molecule has 0 fully saturated rings. The van der Waals surface area contributed by atoms with Crippen molar-refractivity contribution >= 4 is 17.6 Å². The van der Waals surface area contributed by atoms with Gasteiger partial charge in [0.15, 0.2) is 0 Å². The highest BCUT2D eigenvalue weighted by Gasteiger charge is 2.20. The van der Waals surface area contributed by atoms with Gasteiger partial charge in [-0.1, -0.05) is 11.6 Å². The summed E-state index contributed by atoms with van der Waals surface area (Å²) in [6.45, 7) is 5.48. The van der Waals surface area contributed by atoms with Gasteiger partial charge in [0.1, 0.15) is 0 Å². The van der Waals surface area contributed by atoms with E-state index in [9.17, 15) is 9.59 Å². The summed E-state index contributed by atoms with van der Waals surface area (Å²) in [6, 6.07) is 5.98. The van der Waals surface area contributed by atoms with Crippen LogP contribution in [0.25, 0.3) is 5.69 Å². The molecule has 0 aliphatic carbocycles. The molecule has 0 radical (unpaired) electrons. The number of nitrogens with zero attached hydrogens (tertiary/aromatic N) is 5. The zero-order valence-electron chi connectivity index (χ0n) is 13.0. The third kappa shape index (κ3) is 3.96. The van der Waals surface area contributed by atoms with E-state index in [4.69, 9.17) is 16.3 Å².